The van der Waals surface area contributed by atoms with Crippen molar-refractivity contribution in [1.29, 1.82) is 0 Å². The minimum absolute atomic E-state index is 0.200. The summed E-state index contributed by atoms with van der Waals surface area (Å²) in [5, 5.41) is 34.7. The zero-order chi connectivity index (χ0) is 23.4. The fraction of sp³-hybridized carbons (Fsp3) is 0.300. The first-order valence-electron chi connectivity index (χ1n) is 9.25. The van der Waals surface area contributed by atoms with Crippen LogP contribution in [0.25, 0.3) is 0 Å². The monoisotopic (exact) mass is 489 g/mol. The SMILES string of the molecule is NN=C(C=NC1C(O)[C@@H](Sc2ccc(Cl)cc2)OC(CO)[C@@H]1O)c1cc(F)c(F)c(F)c1. The van der Waals surface area contributed by atoms with Crippen molar-refractivity contribution in [2.24, 2.45) is 15.9 Å². The van der Waals surface area contributed by atoms with Crippen molar-refractivity contribution in [3.05, 3.63) is 64.4 Å². The molecule has 3 unspecified atom stereocenters. The first-order chi connectivity index (χ1) is 15.2. The summed E-state index contributed by atoms with van der Waals surface area (Å²) in [4.78, 5) is 4.78. The zero-order valence-corrected chi connectivity index (χ0v) is 17.8. The molecule has 172 valence electrons. The van der Waals surface area contributed by atoms with E-state index in [1.807, 2.05) is 0 Å². The van der Waals surface area contributed by atoms with E-state index < -0.39 is 53.8 Å². The van der Waals surface area contributed by atoms with E-state index >= 15 is 0 Å². The average Bonchev–Trinajstić information content (AvgIpc) is 2.77. The number of aliphatic hydroxyl groups excluding tert-OH is 3. The fourth-order valence-corrected chi connectivity index (χ4v) is 4.22. The van der Waals surface area contributed by atoms with Gasteiger partial charge in [0, 0.05) is 21.7 Å². The number of ether oxygens (including phenoxy) is 1. The Hall–Kier alpha value is -2.15. The van der Waals surface area contributed by atoms with Gasteiger partial charge in [-0.25, -0.2) is 13.2 Å². The molecular weight excluding hydrogens is 471 g/mol. The van der Waals surface area contributed by atoms with Gasteiger partial charge in [-0.1, -0.05) is 23.4 Å². The average molecular weight is 490 g/mol. The van der Waals surface area contributed by atoms with Crippen LogP contribution >= 0.6 is 23.4 Å². The van der Waals surface area contributed by atoms with E-state index in [9.17, 15) is 28.5 Å². The van der Waals surface area contributed by atoms with E-state index in [1.165, 1.54) is 0 Å². The Morgan fingerprint density at radius 1 is 1.12 bits per heavy atom. The van der Waals surface area contributed by atoms with Crippen molar-refractivity contribution in [3.63, 3.8) is 0 Å². The van der Waals surface area contributed by atoms with Crippen molar-refractivity contribution in [3.8, 4) is 0 Å². The molecule has 12 heteroatoms. The molecule has 1 heterocycles. The minimum Gasteiger partial charge on any atom is -0.394 e. The molecule has 5 atom stereocenters. The normalized spacial score (nSPS) is 26.6. The fourth-order valence-electron chi connectivity index (χ4n) is 3.03. The van der Waals surface area contributed by atoms with E-state index in [1.54, 1.807) is 24.3 Å². The second-order valence-corrected chi connectivity index (χ2v) is 8.42. The maximum Gasteiger partial charge on any atom is 0.194 e. The molecule has 0 aromatic heterocycles. The highest BCUT2D eigenvalue weighted by Crippen LogP contribution is 2.34. The Morgan fingerprint density at radius 2 is 1.75 bits per heavy atom. The van der Waals surface area contributed by atoms with Gasteiger partial charge in [0.05, 0.1) is 6.61 Å². The summed E-state index contributed by atoms with van der Waals surface area (Å²) in [7, 11) is 0. The molecule has 0 radical (unpaired) electrons. The summed E-state index contributed by atoms with van der Waals surface area (Å²) >= 11 is 7.00. The zero-order valence-electron chi connectivity index (χ0n) is 16.3. The Bertz CT molecular complexity index is 989. The van der Waals surface area contributed by atoms with E-state index in [0.717, 1.165) is 18.0 Å². The van der Waals surface area contributed by atoms with Gasteiger partial charge in [-0.15, -0.1) is 0 Å². The summed E-state index contributed by atoms with van der Waals surface area (Å²) in [6, 6.07) is 6.88. The van der Waals surface area contributed by atoms with E-state index in [-0.39, 0.29) is 11.3 Å². The molecule has 1 aliphatic rings. The summed E-state index contributed by atoms with van der Waals surface area (Å²) in [5.41, 5.74) is -1.34. The Labute approximate surface area is 190 Å². The molecule has 1 fully saturated rings. The number of benzene rings is 2. The molecule has 0 bridgehead atoms. The van der Waals surface area contributed by atoms with E-state index in [2.05, 4.69) is 10.1 Å². The number of hydrogen-bond acceptors (Lipinski definition) is 8. The second kappa shape index (κ2) is 10.6. The van der Waals surface area contributed by atoms with Crippen molar-refractivity contribution in [2.45, 2.75) is 34.7 Å². The first-order valence-corrected chi connectivity index (χ1v) is 10.5. The highest BCUT2D eigenvalue weighted by molar-refractivity contribution is 7.99. The van der Waals surface area contributed by atoms with Crippen LogP contribution < -0.4 is 5.84 Å². The van der Waals surface area contributed by atoms with Crippen LogP contribution in [0.1, 0.15) is 5.56 Å². The smallest absolute Gasteiger partial charge is 0.194 e. The maximum atomic E-state index is 13.5. The van der Waals surface area contributed by atoms with Crippen LogP contribution in [-0.4, -0.2) is 63.6 Å². The quantitative estimate of drug-likeness (QED) is 0.213. The molecule has 0 saturated carbocycles. The van der Waals surface area contributed by atoms with Crippen LogP contribution in [0.4, 0.5) is 13.2 Å². The lowest BCUT2D eigenvalue weighted by molar-refractivity contribution is -0.159. The third-order valence-corrected chi connectivity index (χ3v) is 6.12. The van der Waals surface area contributed by atoms with Crippen molar-refractivity contribution >= 4 is 35.3 Å². The van der Waals surface area contributed by atoms with Gasteiger partial charge in [0.1, 0.15) is 35.5 Å². The molecule has 0 aliphatic carbocycles. The number of aliphatic hydroxyl groups is 3. The number of thioether (sulfide) groups is 1. The number of aliphatic imine (C=N–C) groups is 1. The highest BCUT2D eigenvalue weighted by atomic mass is 35.5. The molecule has 7 nitrogen and oxygen atoms in total. The lowest BCUT2D eigenvalue weighted by atomic mass is 9.98. The number of hydrogen-bond donors (Lipinski definition) is 4. The van der Waals surface area contributed by atoms with Gasteiger partial charge in [-0.3, -0.25) is 4.99 Å². The van der Waals surface area contributed by atoms with Gasteiger partial charge in [0.15, 0.2) is 17.5 Å². The minimum atomic E-state index is -1.65. The van der Waals surface area contributed by atoms with Gasteiger partial charge in [0.2, 0.25) is 0 Å². The second-order valence-electron chi connectivity index (χ2n) is 6.82. The molecule has 5 N–H and O–H groups in total. The largest absolute Gasteiger partial charge is 0.394 e. The number of halogens is 4. The topological polar surface area (TPSA) is 121 Å². The number of nitrogens with zero attached hydrogens (tertiary/aromatic N) is 2. The first kappa shape index (κ1) is 24.5. The third-order valence-electron chi connectivity index (χ3n) is 4.70. The van der Waals surface area contributed by atoms with Crippen molar-refractivity contribution < 1.29 is 33.2 Å². The predicted octanol–water partition coefficient (Wildman–Crippen LogP) is 2.09. The summed E-state index contributed by atoms with van der Waals surface area (Å²) < 4.78 is 45.9. The number of rotatable bonds is 6. The van der Waals surface area contributed by atoms with Crippen molar-refractivity contribution in [1.82, 2.24) is 0 Å². The lowest BCUT2D eigenvalue weighted by Gasteiger charge is -2.40. The molecule has 3 rings (SSSR count). The highest BCUT2D eigenvalue weighted by Gasteiger charge is 2.44. The summed E-state index contributed by atoms with van der Waals surface area (Å²) in [6.07, 6.45) is -2.82. The molecular formula is C20H19ClF3N3O4S. The van der Waals surface area contributed by atoms with Crippen LogP contribution in [0.2, 0.25) is 5.02 Å². The molecule has 2 aromatic rings. The van der Waals surface area contributed by atoms with Crippen LogP contribution in [0.15, 0.2) is 51.4 Å². The van der Waals surface area contributed by atoms with Crippen LogP contribution in [0.3, 0.4) is 0 Å². The Morgan fingerprint density at radius 3 is 2.31 bits per heavy atom. The Balaban J connectivity index is 1.84. The number of hydrazone groups is 1. The third kappa shape index (κ3) is 5.42. The molecule has 32 heavy (non-hydrogen) atoms. The van der Waals surface area contributed by atoms with Crippen molar-refractivity contribution in [2.75, 3.05) is 6.61 Å². The number of nitrogens with two attached hydrogens (primary N) is 1. The van der Waals surface area contributed by atoms with Gasteiger partial charge in [-0.05, 0) is 36.4 Å². The molecule has 0 amide bonds. The van der Waals surface area contributed by atoms with Gasteiger partial charge < -0.3 is 25.9 Å². The van der Waals surface area contributed by atoms with Crippen LogP contribution in [-0.2, 0) is 4.74 Å². The van der Waals surface area contributed by atoms with E-state index in [0.29, 0.717) is 22.1 Å². The Kier molecular flexibility index (Phi) is 8.15. The standard InChI is InChI=1S/C20H19ClF3N3O4S/c21-10-1-3-11(4-2-10)32-20-19(30)17(18(29)15(8-28)31-20)26-7-14(27-25)9-5-12(22)16(24)13(23)6-9/h1-7,15,17-20,28-30H,8,25H2/t15?,17?,18-,19?,20+/m0/s1. The maximum absolute atomic E-state index is 13.5. The van der Waals surface area contributed by atoms with E-state index in [4.69, 9.17) is 22.2 Å². The van der Waals surface area contributed by atoms with Crippen LogP contribution in [0, 0.1) is 17.5 Å². The lowest BCUT2D eigenvalue weighted by Crippen LogP contribution is -2.56. The van der Waals surface area contributed by atoms with Gasteiger partial charge in [-0.2, -0.15) is 5.10 Å². The molecule has 0 spiro atoms. The van der Waals surface area contributed by atoms with Gasteiger partial charge in [0.25, 0.3) is 0 Å². The predicted molar refractivity (Wildman–Crippen MR) is 114 cm³/mol. The molecule has 2 aromatic carbocycles. The summed E-state index contributed by atoms with van der Waals surface area (Å²) in [6.45, 7) is -0.552. The van der Waals surface area contributed by atoms with Gasteiger partial charge >= 0.3 is 0 Å². The summed E-state index contributed by atoms with van der Waals surface area (Å²) in [5.74, 6) is 0.741. The molecule has 1 saturated heterocycles. The molecule has 1 aliphatic heterocycles. The van der Waals surface area contributed by atoms with Crippen LogP contribution in [0.5, 0.6) is 0 Å².